The number of methoxy groups -OCH3 is 1. The van der Waals surface area contributed by atoms with E-state index < -0.39 is 11.9 Å². The van der Waals surface area contributed by atoms with Crippen LogP contribution >= 0.6 is 23.2 Å². The van der Waals surface area contributed by atoms with Gasteiger partial charge in [0.15, 0.2) is 0 Å². The standard InChI is InChI=1S/C20H21Cl2NO4/c1-3-13(20(25)26)8-12-4-7-18(27-2)17(9-12)23-19(24)10-14-5-6-15(21)11-16(14)22/h4-7,9,11,13H,3,8,10H2,1-2H3,(H,23,24)(H,25,26). The van der Waals surface area contributed by atoms with Gasteiger partial charge in [-0.3, -0.25) is 9.59 Å². The van der Waals surface area contributed by atoms with Gasteiger partial charge >= 0.3 is 5.97 Å². The number of carboxylic acids is 1. The summed E-state index contributed by atoms with van der Waals surface area (Å²) in [5.74, 6) is -1.08. The summed E-state index contributed by atoms with van der Waals surface area (Å²) in [6.07, 6.45) is 0.982. The first-order valence-electron chi connectivity index (χ1n) is 8.47. The highest BCUT2D eigenvalue weighted by Crippen LogP contribution is 2.28. The summed E-state index contributed by atoms with van der Waals surface area (Å²) >= 11 is 12.0. The van der Waals surface area contributed by atoms with Crippen LogP contribution in [0.3, 0.4) is 0 Å². The zero-order valence-corrected chi connectivity index (χ0v) is 16.6. The first-order valence-corrected chi connectivity index (χ1v) is 9.23. The van der Waals surface area contributed by atoms with E-state index in [0.717, 1.165) is 5.56 Å². The van der Waals surface area contributed by atoms with Crippen LogP contribution in [-0.4, -0.2) is 24.1 Å². The van der Waals surface area contributed by atoms with Gasteiger partial charge in [0.25, 0.3) is 0 Å². The van der Waals surface area contributed by atoms with Crippen molar-refractivity contribution >= 4 is 40.8 Å². The van der Waals surface area contributed by atoms with Crippen molar-refractivity contribution in [1.29, 1.82) is 0 Å². The molecule has 2 aromatic carbocycles. The van der Waals surface area contributed by atoms with Crippen LogP contribution in [0.5, 0.6) is 5.75 Å². The predicted molar refractivity (Wildman–Crippen MR) is 107 cm³/mol. The van der Waals surface area contributed by atoms with Gasteiger partial charge < -0.3 is 15.2 Å². The Labute approximate surface area is 168 Å². The molecule has 7 heteroatoms. The summed E-state index contributed by atoms with van der Waals surface area (Å²) in [5.41, 5.74) is 1.96. The number of amides is 1. The van der Waals surface area contributed by atoms with Crippen LogP contribution in [0.2, 0.25) is 10.0 Å². The maximum Gasteiger partial charge on any atom is 0.306 e. The Morgan fingerprint density at radius 3 is 2.52 bits per heavy atom. The maximum absolute atomic E-state index is 12.4. The Morgan fingerprint density at radius 2 is 1.93 bits per heavy atom. The molecule has 144 valence electrons. The number of rotatable bonds is 8. The summed E-state index contributed by atoms with van der Waals surface area (Å²) < 4.78 is 5.30. The van der Waals surface area contributed by atoms with Crippen molar-refractivity contribution < 1.29 is 19.4 Å². The van der Waals surface area contributed by atoms with Crippen LogP contribution < -0.4 is 10.1 Å². The van der Waals surface area contributed by atoms with Crippen molar-refractivity contribution in [3.8, 4) is 5.75 Å². The van der Waals surface area contributed by atoms with Crippen molar-refractivity contribution in [2.45, 2.75) is 26.2 Å². The fraction of sp³-hybridized carbons (Fsp3) is 0.300. The molecule has 1 atom stereocenters. The quantitative estimate of drug-likeness (QED) is 0.653. The molecule has 1 amide bonds. The molecule has 0 aliphatic rings. The molecule has 2 N–H and O–H groups in total. The molecule has 0 fully saturated rings. The molecule has 0 radical (unpaired) electrons. The minimum Gasteiger partial charge on any atom is -0.495 e. The van der Waals surface area contributed by atoms with Crippen molar-refractivity contribution in [1.82, 2.24) is 0 Å². The molecule has 2 aromatic rings. The summed E-state index contributed by atoms with van der Waals surface area (Å²) in [7, 11) is 1.51. The van der Waals surface area contributed by atoms with E-state index in [9.17, 15) is 14.7 Å². The predicted octanol–water partition coefficient (Wildman–Crippen LogP) is 4.84. The van der Waals surface area contributed by atoms with E-state index in [1.165, 1.54) is 7.11 Å². The van der Waals surface area contributed by atoms with Crippen molar-refractivity contribution in [2.75, 3.05) is 12.4 Å². The number of carbonyl (C=O) groups excluding carboxylic acids is 1. The Morgan fingerprint density at radius 1 is 1.19 bits per heavy atom. The number of carbonyl (C=O) groups is 2. The van der Waals surface area contributed by atoms with Crippen molar-refractivity contribution in [3.63, 3.8) is 0 Å². The molecule has 0 saturated heterocycles. The number of carboxylic acid groups (broad SMARTS) is 1. The topological polar surface area (TPSA) is 75.6 Å². The van der Waals surface area contributed by atoms with Gasteiger partial charge in [0.1, 0.15) is 5.75 Å². The SMILES string of the molecule is CCC(Cc1ccc(OC)c(NC(=O)Cc2ccc(Cl)cc2Cl)c1)C(=O)O. The first kappa shape index (κ1) is 21.1. The van der Waals surface area contributed by atoms with Gasteiger partial charge in [-0.1, -0.05) is 42.3 Å². The number of nitrogens with one attached hydrogen (secondary N) is 1. The molecule has 0 bridgehead atoms. The van der Waals surface area contributed by atoms with Gasteiger partial charge in [-0.05, 0) is 48.2 Å². The number of halogens is 2. The lowest BCUT2D eigenvalue weighted by atomic mass is 9.96. The first-order chi connectivity index (χ1) is 12.8. The zero-order valence-electron chi connectivity index (χ0n) is 15.1. The lowest BCUT2D eigenvalue weighted by molar-refractivity contribution is -0.141. The smallest absolute Gasteiger partial charge is 0.306 e. The van der Waals surface area contributed by atoms with Gasteiger partial charge in [-0.2, -0.15) is 0 Å². The molecule has 27 heavy (non-hydrogen) atoms. The highest BCUT2D eigenvalue weighted by atomic mass is 35.5. The minimum absolute atomic E-state index is 0.0795. The van der Waals surface area contributed by atoms with Gasteiger partial charge in [0.2, 0.25) is 5.91 Å². The van der Waals surface area contributed by atoms with Crippen LogP contribution in [0, 0.1) is 5.92 Å². The summed E-state index contributed by atoms with van der Waals surface area (Å²) in [5, 5.41) is 13.0. The molecule has 1 unspecified atom stereocenters. The van der Waals surface area contributed by atoms with Crippen LogP contribution in [-0.2, 0) is 22.4 Å². The molecule has 0 aliphatic carbocycles. The van der Waals surface area contributed by atoms with Crippen molar-refractivity contribution in [2.24, 2.45) is 5.92 Å². The Balaban J connectivity index is 2.16. The minimum atomic E-state index is -0.837. The number of ether oxygens (including phenoxy) is 1. The average molecular weight is 410 g/mol. The van der Waals surface area contributed by atoms with E-state index in [-0.39, 0.29) is 12.3 Å². The Kier molecular flexibility index (Phi) is 7.51. The van der Waals surface area contributed by atoms with Gasteiger partial charge in [-0.15, -0.1) is 0 Å². The van der Waals surface area contributed by atoms with E-state index in [0.29, 0.717) is 39.9 Å². The highest BCUT2D eigenvalue weighted by molar-refractivity contribution is 6.35. The normalized spacial score (nSPS) is 11.7. The van der Waals surface area contributed by atoms with Gasteiger partial charge in [0, 0.05) is 10.0 Å². The lowest BCUT2D eigenvalue weighted by Crippen LogP contribution is -2.17. The van der Waals surface area contributed by atoms with Gasteiger partial charge in [0.05, 0.1) is 25.1 Å². The monoisotopic (exact) mass is 409 g/mol. The Bertz CT molecular complexity index is 839. The average Bonchev–Trinajstić information content (AvgIpc) is 2.62. The molecular formula is C20H21Cl2NO4. The van der Waals surface area contributed by atoms with Crippen LogP contribution in [0.4, 0.5) is 5.69 Å². The third-order valence-corrected chi connectivity index (χ3v) is 4.82. The summed E-state index contributed by atoms with van der Waals surface area (Å²) in [6, 6.07) is 10.2. The molecule has 0 saturated carbocycles. The van der Waals surface area contributed by atoms with Crippen LogP contribution in [0.1, 0.15) is 24.5 Å². The number of anilines is 1. The second-order valence-electron chi connectivity index (χ2n) is 6.14. The second-order valence-corrected chi connectivity index (χ2v) is 6.99. The maximum atomic E-state index is 12.4. The van der Waals surface area contributed by atoms with Crippen molar-refractivity contribution in [3.05, 3.63) is 57.6 Å². The summed E-state index contributed by atoms with van der Waals surface area (Å²) in [4.78, 5) is 23.7. The largest absolute Gasteiger partial charge is 0.495 e. The fourth-order valence-electron chi connectivity index (χ4n) is 2.70. The molecule has 0 aromatic heterocycles. The van der Waals surface area contributed by atoms with Gasteiger partial charge in [-0.25, -0.2) is 0 Å². The van der Waals surface area contributed by atoms with E-state index in [1.807, 2.05) is 6.92 Å². The number of aliphatic carboxylic acids is 1. The lowest BCUT2D eigenvalue weighted by Gasteiger charge is -2.14. The third kappa shape index (κ3) is 5.88. The zero-order chi connectivity index (χ0) is 20.0. The molecule has 5 nitrogen and oxygen atoms in total. The number of benzene rings is 2. The summed E-state index contributed by atoms with van der Waals surface area (Å²) in [6.45, 7) is 1.83. The van der Waals surface area contributed by atoms with E-state index in [2.05, 4.69) is 5.32 Å². The second kappa shape index (κ2) is 9.62. The number of hydrogen-bond acceptors (Lipinski definition) is 3. The van der Waals surface area contributed by atoms with E-state index in [4.69, 9.17) is 27.9 Å². The van der Waals surface area contributed by atoms with E-state index in [1.54, 1.807) is 36.4 Å². The molecule has 0 aliphatic heterocycles. The number of hydrogen-bond donors (Lipinski definition) is 2. The Hall–Kier alpha value is -2.24. The third-order valence-electron chi connectivity index (χ3n) is 4.23. The van der Waals surface area contributed by atoms with E-state index >= 15 is 0 Å². The van der Waals surface area contributed by atoms with Crippen LogP contribution in [0.25, 0.3) is 0 Å². The highest BCUT2D eigenvalue weighted by Gasteiger charge is 2.17. The molecule has 0 heterocycles. The fourth-order valence-corrected chi connectivity index (χ4v) is 3.18. The molecular weight excluding hydrogens is 389 g/mol. The molecule has 0 spiro atoms. The molecule has 2 rings (SSSR count). The van der Waals surface area contributed by atoms with Crippen LogP contribution in [0.15, 0.2) is 36.4 Å².